The van der Waals surface area contributed by atoms with Gasteiger partial charge < -0.3 is 15.0 Å². The van der Waals surface area contributed by atoms with Gasteiger partial charge in [-0.3, -0.25) is 9.59 Å². The SMILES string of the molecule is COc1ccc(CN(C)C(=O)CNC(=O)c2ccc3ccccc3c2)cc1F. The number of fused-ring (bicyclic) bond motifs is 1. The Bertz CT molecular complexity index is 1020. The Labute approximate surface area is 162 Å². The minimum absolute atomic E-state index is 0.138. The number of nitrogens with one attached hydrogen (secondary N) is 1. The molecule has 144 valence electrons. The van der Waals surface area contributed by atoms with Crippen molar-refractivity contribution in [2.75, 3.05) is 20.7 Å². The molecule has 0 unspecified atom stereocenters. The van der Waals surface area contributed by atoms with E-state index in [1.807, 2.05) is 30.3 Å². The van der Waals surface area contributed by atoms with Gasteiger partial charge in [-0.15, -0.1) is 0 Å². The van der Waals surface area contributed by atoms with Gasteiger partial charge in [-0.05, 0) is 40.6 Å². The average Bonchev–Trinajstić information content (AvgIpc) is 2.71. The molecule has 0 aromatic heterocycles. The number of likely N-dealkylation sites (N-methyl/N-ethyl adjacent to an activating group) is 1. The lowest BCUT2D eigenvalue weighted by atomic mass is 10.1. The third kappa shape index (κ3) is 4.46. The highest BCUT2D eigenvalue weighted by Gasteiger charge is 2.13. The highest BCUT2D eigenvalue weighted by Crippen LogP contribution is 2.18. The zero-order valence-electron chi connectivity index (χ0n) is 15.7. The van der Waals surface area contributed by atoms with Crippen molar-refractivity contribution in [3.63, 3.8) is 0 Å². The first kappa shape index (κ1) is 19.4. The summed E-state index contributed by atoms with van der Waals surface area (Å²) in [5.74, 6) is -0.917. The maximum atomic E-state index is 13.8. The van der Waals surface area contributed by atoms with E-state index in [0.717, 1.165) is 10.8 Å². The van der Waals surface area contributed by atoms with Gasteiger partial charge in [-0.25, -0.2) is 4.39 Å². The second-order valence-corrected chi connectivity index (χ2v) is 6.46. The molecule has 2 amide bonds. The van der Waals surface area contributed by atoms with Gasteiger partial charge in [0, 0.05) is 19.2 Å². The summed E-state index contributed by atoms with van der Waals surface area (Å²) in [5.41, 5.74) is 1.13. The Morgan fingerprint density at radius 3 is 2.50 bits per heavy atom. The highest BCUT2D eigenvalue weighted by molar-refractivity contribution is 5.99. The van der Waals surface area contributed by atoms with E-state index >= 15 is 0 Å². The number of carbonyl (C=O) groups excluding carboxylic acids is 2. The number of halogens is 1. The average molecular weight is 380 g/mol. The van der Waals surface area contributed by atoms with Crippen molar-refractivity contribution in [3.8, 4) is 5.75 Å². The first-order valence-corrected chi connectivity index (χ1v) is 8.81. The van der Waals surface area contributed by atoms with Crippen LogP contribution in [0.4, 0.5) is 4.39 Å². The largest absolute Gasteiger partial charge is 0.494 e. The molecule has 6 heteroatoms. The summed E-state index contributed by atoms with van der Waals surface area (Å²) in [5, 5.41) is 4.64. The van der Waals surface area contributed by atoms with E-state index in [9.17, 15) is 14.0 Å². The monoisotopic (exact) mass is 380 g/mol. The van der Waals surface area contributed by atoms with Crippen LogP contribution in [0.15, 0.2) is 60.7 Å². The summed E-state index contributed by atoms with van der Waals surface area (Å²) in [7, 11) is 3.00. The van der Waals surface area contributed by atoms with Gasteiger partial charge >= 0.3 is 0 Å². The molecule has 0 atom stereocenters. The minimum atomic E-state index is -0.481. The van der Waals surface area contributed by atoms with Crippen LogP contribution in [0.3, 0.4) is 0 Å². The molecule has 3 rings (SSSR count). The second-order valence-electron chi connectivity index (χ2n) is 6.46. The molecule has 0 saturated heterocycles. The zero-order valence-corrected chi connectivity index (χ0v) is 15.7. The molecule has 0 saturated carbocycles. The van der Waals surface area contributed by atoms with Crippen molar-refractivity contribution in [1.82, 2.24) is 10.2 Å². The van der Waals surface area contributed by atoms with Crippen molar-refractivity contribution < 1.29 is 18.7 Å². The molecule has 0 aliphatic rings. The van der Waals surface area contributed by atoms with E-state index in [-0.39, 0.29) is 30.7 Å². The van der Waals surface area contributed by atoms with Gasteiger partial charge in [0.1, 0.15) is 0 Å². The Balaban J connectivity index is 1.57. The molecular weight excluding hydrogens is 359 g/mol. The fourth-order valence-corrected chi connectivity index (χ4v) is 2.89. The van der Waals surface area contributed by atoms with E-state index in [4.69, 9.17) is 4.74 Å². The predicted molar refractivity (Wildman–Crippen MR) is 106 cm³/mol. The molecule has 0 heterocycles. The molecule has 3 aromatic carbocycles. The van der Waals surface area contributed by atoms with Gasteiger partial charge in [-0.2, -0.15) is 0 Å². The fourth-order valence-electron chi connectivity index (χ4n) is 2.89. The molecule has 0 aliphatic carbocycles. The molecule has 0 bridgehead atoms. The summed E-state index contributed by atoms with van der Waals surface area (Å²) >= 11 is 0. The summed E-state index contributed by atoms with van der Waals surface area (Å²) < 4.78 is 18.7. The van der Waals surface area contributed by atoms with Gasteiger partial charge in [0.2, 0.25) is 5.91 Å². The number of amides is 2. The predicted octanol–water partition coefficient (Wildman–Crippen LogP) is 3.38. The maximum Gasteiger partial charge on any atom is 0.251 e. The Kier molecular flexibility index (Phi) is 5.89. The third-order valence-electron chi connectivity index (χ3n) is 4.47. The third-order valence-corrected chi connectivity index (χ3v) is 4.47. The molecule has 0 spiro atoms. The smallest absolute Gasteiger partial charge is 0.251 e. The van der Waals surface area contributed by atoms with E-state index < -0.39 is 5.82 Å². The Morgan fingerprint density at radius 1 is 1.04 bits per heavy atom. The number of rotatable bonds is 6. The maximum absolute atomic E-state index is 13.8. The van der Waals surface area contributed by atoms with Crippen LogP contribution in [-0.2, 0) is 11.3 Å². The number of carbonyl (C=O) groups is 2. The van der Waals surface area contributed by atoms with Crippen LogP contribution in [0.25, 0.3) is 10.8 Å². The van der Waals surface area contributed by atoms with Crippen molar-refractivity contribution in [1.29, 1.82) is 0 Å². The molecule has 0 aliphatic heterocycles. The molecular formula is C22H21FN2O3. The van der Waals surface area contributed by atoms with Crippen molar-refractivity contribution in [2.45, 2.75) is 6.54 Å². The molecule has 3 aromatic rings. The number of hydrogen-bond acceptors (Lipinski definition) is 3. The standard InChI is InChI=1S/C22H21FN2O3/c1-25(14-15-7-10-20(28-2)19(23)11-15)21(26)13-24-22(27)18-9-8-16-5-3-4-6-17(16)12-18/h3-12H,13-14H2,1-2H3,(H,24,27). The van der Waals surface area contributed by atoms with E-state index in [0.29, 0.717) is 11.1 Å². The van der Waals surface area contributed by atoms with Crippen LogP contribution in [-0.4, -0.2) is 37.4 Å². The summed E-state index contributed by atoms with van der Waals surface area (Å²) in [4.78, 5) is 26.1. The molecule has 0 fully saturated rings. The van der Waals surface area contributed by atoms with Crippen molar-refractivity contribution in [3.05, 3.63) is 77.6 Å². The molecule has 5 nitrogen and oxygen atoms in total. The number of hydrogen-bond donors (Lipinski definition) is 1. The zero-order chi connectivity index (χ0) is 20.1. The van der Waals surface area contributed by atoms with E-state index in [2.05, 4.69) is 5.32 Å². The minimum Gasteiger partial charge on any atom is -0.494 e. The van der Waals surface area contributed by atoms with Gasteiger partial charge in [0.15, 0.2) is 11.6 Å². The van der Waals surface area contributed by atoms with Crippen molar-refractivity contribution in [2.24, 2.45) is 0 Å². The van der Waals surface area contributed by atoms with Gasteiger partial charge in [-0.1, -0.05) is 36.4 Å². The van der Waals surface area contributed by atoms with Crippen LogP contribution < -0.4 is 10.1 Å². The summed E-state index contributed by atoms with van der Waals surface area (Å²) in [6.45, 7) is 0.0897. The number of benzene rings is 3. The van der Waals surface area contributed by atoms with Crippen LogP contribution >= 0.6 is 0 Å². The first-order chi connectivity index (χ1) is 13.5. The molecule has 1 N–H and O–H groups in total. The Hall–Kier alpha value is -3.41. The number of methoxy groups -OCH3 is 1. The summed E-state index contributed by atoms with van der Waals surface area (Å²) in [6.07, 6.45) is 0. The number of ether oxygens (including phenoxy) is 1. The topological polar surface area (TPSA) is 58.6 Å². The van der Waals surface area contributed by atoms with Crippen LogP contribution in [0.2, 0.25) is 0 Å². The lowest BCUT2D eigenvalue weighted by molar-refractivity contribution is -0.129. The Morgan fingerprint density at radius 2 is 1.79 bits per heavy atom. The van der Waals surface area contributed by atoms with Crippen LogP contribution in [0.1, 0.15) is 15.9 Å². The fraction of sp³-hybridized carbons (Fsp3) is 0.182. The summed E-state index contributed by atoms with van der Waals surface area (Å²) in [6, 6.07) is 17.7. The van der Waals surface area contributed by atoms with Crippen LogP contribution in [0, 0.1) is 5.82 Å². The highest BCUT2D eigenvalue weighted by atomic mass is 19.1. The van der Waals surface area contributed by atoms with Crippen LogP contribution in [0.5, 0.6) is 5.75 Å². The lowest BCUT2D eigenvalue weighted by Crippen LogP contribution is -2.37. The van der Waals surface area contributed by atoms with E-state index in [1.165, 1.54) is 24.1 Å². The molecule has 0 radical (unpaired) electrons. The molecule has 28 heavy (non-hydrogen) atoms. The van der Waals surface area contributed by atoms with E-state index in [1.54, 1.807) is 25.2 Å². The van der Waals surface area contributed by atoms with Gasteiger partial charge in [0.05, 0.1) is 13.7 Å². The lowest BCUT2D eigenvalue weighted by Gasteiger charge is -2.18. The van der Waals surface area contributed by atoms with Gasteiger partial charge in [0.25, 0.3) is 5.91 Å². The number of nitrogens with zero attached hydrogens (tertiary/aromatic N) is 1. The quantitative estimate of drug-likeness (QED) is 0.713. The second kappa shape index (κ2) is 8.52. The first-order valence-electron chi connectivity index (χ1n) is 8.81. The van der Waals surface area contributed by atoms with Crippen molar-refractivity contribution >= 4 is 22.6 Å². The normalized spacial score (nSPS) is 10.5.